The zero-order chi connectivity index (χ0) is 31.1. The minimum atomic E-state index is -0.692. The van der Waals surface area contributed by atoms with Crippen molar-refractivity contribution in [3.8, 4) is 11.5 Å². The maximum atomic E-state index is 10.3. The van der Waals surface area contributed by atoms with Crippen LogP contribution in [-0.4, -0.2) is 111 Å². The molecule has 246 valence electrons. The van der Waals surface area contributed by atoms with Crippen molar-refractivity contribution in [3.63, 3.8) is 0 Å². The predicted molar refractivity (Wildman–Crippen MR) is 170 cm³/mol. The van der Waals surface area contributed by atoms with Crippen molar-refractivity contribution in [1.82, 2.24) is 5.32 Å². The van der Waals surface area contributed by atoms with Gasteiger partial charge in [-0.3, -0.25) is 0 Å². The maximum Gasteiger partial charge on any atom is 0.142 e. The van der Waals surface area contributed by atoms with Crippen LogP contribution < -0.4 is 19.7 Å². The Bertz CT molecular complexity index is 1090. The van der Waals surface area contributed by atoms with Crippen molar-refractivity contribution in [2.45, 2.75) is 50.6 Å². The molecular weight excluding hydrogens is 564 g/mol. The van der Waals surface area contributed by atoms with Gasteiger partial charge in [0.1, 0.15) is 24.2 Å². The van der Waals surface area contributed by atoms with Gasteiger partial charge in [-0.25, -0.2) is 0 Å². The van der Waals surface area contributed by atoms with E-state index in [0.717, 1.165) is 67.5 Å². The summed E-state index contributed by atoms with van der Waals surface area (Å²) >= 11 is 0. The molecule has 1 fully saturated rings. The number of aliphatic hydroxyl groups is 1. The van der Waals surface area contributed by atoms with E-state index in [1.54, 1.807) is 21.3 Å². The molecule has 2 aliphatic rings. The molecule has 0 amide bonds. The van der Waals surface area contributed by atoms with Gasteiger partial charge in [0.05, 0.1) is 50.9 Å². The van der Waals surface area contributed by atoms with E-state index in [9.17, 15) is 5.11 Å². The van der Waals surface area contributed by atoms with Gasteiger partial charge in [0.2, 0.25) is 0 Å². The van der Waals surface area contributed by atoms with Crippen molar-refractivity contribution in [3.05, 3.63) is 53.6 Å². The molecule has 44 heavy (non-hydrogen) atoms. The van der Waals surface area contributed by atoms with Crippen molar-refractivity contribution in [2.24, 2.45) is 5.92 Å². The molecule has 0 aromatic heterocycles. The molecule has 2 aromatic rings. The molecule has 2 aliphatic heterocycles. The highest BCUT2D eigenvalue weighted by atomic mass is 16.5. The van der Waals surface area contributed by atoms with Gasteiger partial charge in [-0.2, -0.15) is 0 Å². The monoisotopic (exact) mass is 616 g/mol. The summed E-state index contributed by atoms with van der Waals surface area (Å²) in [7, 11) is 5.04. The van der Waals surface area contributed by atoms with Crippen LogP contribution in [0.4, 0.5) is 5.69 Å². The van der Waals surface area contributed by atoms with E-state index in [1.807, 2.05) is 18.2 Å². The zero-order valence-electron chi connectivity index (χ0n) is 26.9. The first kappa shape index (κ1) is 34.4. The molecule has 2 aromatic carbocycles. The Morgan fingerprint density at radius 3 is 2.45 bits per heavy atom. The summed E-state index contributed by atoms with van der Waals surface area (Å²) in [5, 5.41) is 13.8. The van der Waals surface area contributed by atoms with Crippen LogP contribution in [0.1, 0.15) is 36.8 Å². The lowest BCUT2D eigenvalue weighted by Gasteiger charge is -2.39. The van der Waals surface area contributed by atoms with Crippen LogP contribution in [0.5, 0.6) is 11.5 Å². The number of aliphatic hydroxyl groups excluding tert-OH is 1. The summed E-state index contributed by atoms with van der Waals surface area (Å²) in [4.78, 5) is 2.36. The lowest BCUT2D eigenvalue weighted by atomic mass is 9.85. The number of ether oxygens (including phenoxy) is 7. The molecule has 2 N–H and O–H groups in total. The quantitative estimate of drug-likeness (QED) is 0.228. The fourth-order valence-corrected chi connectivity index (χ4v) is 5.87. The third-order valence-electron chi connectivity index (χ3n) is 8.17. The fraction of sp³-hybridized carbons (Fsp3) is 0.647. The standard InChI is InChI=1S/C34H52N2O8/c1-25(21-39-3)12-16-41-29-9-7-27(8-10-29)34-32(19-35-20-33(34)44-24-28(37)23-40-4)43-22-26-6-11-31-30(18-26)36(14-17-42-31)13-5-15-38-2/h6-11,18,25,28,32-35,37H,5,12-17,19-24H2,1-4H3/t25-,28-,32-,33+,34+/m0/s1. The lowest BCUT2D eigenvalue weighted by molar-refractivity contribution is -0.0856. The fourth-order valence-electron chi connectivity index (χ4n) is 5.87. The second-order valence-corrected chi connectivity index (χ2v) is 11.8. The summed E-state index contributed by atoms with van der Waals surface area (Å²) in [6, 6.07) is 14.6. The zero-order valence-corrected chi connectivity index (χ0v) is 26.9. The molecule has 5 atom stereocenters. The Balaban J connectivity index is 1.45. The second kappa shape index (κ2) is 18.5. The van der Waals surface area contributed by atoms with Crippen LogP contribution in [0.3, 0.4) is 0 Å². The summed E-state index contributed by atoms with van der Waals surface area (Å²) in [5.74, 6) is 2.16. The minimum absolute atomic E-state index is 0.0340. The smallest absolute Gasteiger partial charge is 0.142 e. The molecule has 0 unspecified atom stereocenters. The molecule has 2 heterocycles. The highest BCUT2D eigenvalue weighted by molar-refractivity contribution is 5.61. The molecule has 0 saturated carbocycles. The number of nitrogens with zero attached hydrogens (tertiary/aromatic N) is 1. The van der Waals surface area contributed by atoms with Crippen LogP contribution in [-0.2, 0) is 30.3 Å². The Morgan fingerprint density at radius 2 is 1.70 bits per heavy atom. The summed E-state index contributed by atoms with van der Waals surface area (Å²) in [6.45, 7) is 8.95. The van der Waals surface area contributed by atoms with E-state index < -0.39 is 6.10 Å². The third-order valence-corrected chi connectivity index (χ3v) is 8.17. The molecule has 0 spiro atoms. The minimum Gasteiger partial charge on any atom is -0.494 e. The van der Waals surface area contributed by atoms with Crippen molar-refractivity contribution in [2.75, 3.05) is 92.0 Å². The number of piperidine rings is 1. The Labute approximate surface area is 262 Å². The number of benzene rings is 2. The highest BCUT2D eigenvalue weighted by Gasteiger charge is 2.36. The molecular formula is C34H52N2O8. The van der Waals surface area contributed by atoms with E-state index in [-0.39, 0.29) is 31.3 Å². The van der Waals surface area contributed by atoms with Crippen LogP contribution >= 0.6 is 0 Å². The molecule has 0 aliphatic carbocycles. The highest BCUT2D eigenvalue weighted by Crippen LogP contribution is 2.35. The van der Waals surface area contributed by atoms with Gasteiger partial charge in [-0.15, -0.1) is 0 Å². The van der Waals surface area contributed by atoms with Gasteiger partial charge in [-0.1, -0.05) is 25.1 Å². The average Bonchev–Trinajstić information content (AvgIpc) is 3.03. The average molecular weight is 617 g/mol. The van der Waals surface area contributed by atoms with E-state index >= 15 is 0 Å². The Hall–Kier alpha value is -2.44. The van der Waals surface area contributed by atoms with E-state index in [1.165, 1.54) is 0 Å². The van der Waals surface area contributed by atoms with Gasteiger partial charge >= 0.3 is 0 Å². The summed E-state index contributed by atoms with van der Waals surface area (Å²) < 4.78 is 40.5. The maximum absolute atomic E-state index is 10.3. The van der Waals surface area contributed by atoms with Crippen LogP contribution in [0, 0.1) is 5.92 Å². The predicted octanol–water partition coefficient (Wildman–Crippen LogP) is 3.64. The number of fused-ring (bicyclic) bond motifs is 1. The molecule has 0 bridgehead atoms. The molecule has 10 nitrogen and oxygen atoms in total. The van der Waals surface area contributed by atoms with Gasteiger partial charge in [0.15, 0.2) is 0 Å². The van der Waals surface area contributed by atoms with E-state index in [0.29, 0.717) is 38.8 Å². The van der Waals surface area contributed by atoms with Gasteiger partial charge < -0.3 is 48.5 Å². The molecule has 1 saturated heterocycles. The number of hydrogen-bond acceptors (Lipinski definition) is 10. The van der Waals surface area contributed by atoms with Crippen molar-refractivity contribution >= 4 is 5.69 Å². The number of rotatable bonds is 19. The van der Waals surface area contributed by atoms with Gasteiger partial charge in [-0.05, 0) is 54.2 Å². The topological polar surface area (TPSA) is 100 Å². The van der Waals surface area contributed by atoms with Crippen LogP contribution in [0.2, 0.25) is 0 Å². The lowest BCUT2D eigenvalue weighted by Crippen LogP contribution is -2.51. The first-order valence-corrected chi connectivity index (χ1v) is 15.8. The molecule has 4 rings (SSSR count). The van der Waals surface area contributed by atoms with Crippen LogP contribution in [0.25, 0.3) is 0 Å². The van der Waals surface area contributed by atoms with Crippen molar-refractivity contribution in [1.29, 1.82) is 0 Å². The number of nitrogens with one attached hydrogen (secondary N) is 1. The number of hydrogen-bond donors (Lipinski definition) is 2. The second-order valence-electron chi connectivity index (χ2n) is 11.8. The largest absolute Gasteiger partial charge is 0.494 e. The SMILES string of the molecule is COCCCN1CCOc2ccc(CO[C@H]3CNC[C@@H](OC[C@@H](O)COC)[C@@H]3c3ccc(OCC[C@H](C)COC)cc3)cc21. The normalized spacial score (nSPS) is 21.4. The van der Waals surface area contributed by atoms with Crippen LogP contribution in [0.15, 0.2) is 42.5 Å². The molecule has 10 heteroatoms. The van der Waals surface area contributed by atoms with Gasteiger partial charge in [0, 0.05) is 60.1 Å². The molecule has 0 radical (unpaired) electrons. The Morgan fingerprint density at radius 1 is 0.932 bits per heavy atom. The third kappa shape index (κ3) is 10.3. The summed E-state index contributed by atoms with van der Waals surface area (Å²) in [5.41, 5.74) is 3.31. The first-order valence-electron chi connectivity index (χ1n) is 15.8. The van der Waals surface area contributed by atoms with E-state index in [4.69, 9.17) is 33.2 Å². The number of methoxy groups -OCH3 is 3. The van der Waals surface area contributed by atoms with Gasteiger partial charge in [0.25, 0.3) is 0 Å². The summed E-state index contributed by atoms with van der Waals surface area (Å²) in [6.07, 6.45) is 0.876. The first-order chi connectivity index (χ1) is 21.5. The Kier molecular flexibility index (Phi) is 14.5. The van der Waals surface area contributed by atoms with Crippen molar-refractivity contribution < 1.29 is 38.3 Å². The number of anilines is 1. The van der Waals surface area contributed by atoms with E-state index in [2.05, 4.69) is 41.4 Å².